The van der Waals surface area contributed by atoms with Gasteiger partial charge in [0.05, 0.1) is 5.41 Å². The van der Waals surface area contributed by atoms with E-state index in [0.717, 1.165) is 5.56 Å². The highest BCUT2D eigenvalue weighted by atomic mass is 35.5. The van der Waals surface area contributed by atoms with Gasteiger partial charge in [0.1, 0.15) is 5.78 Å². The molecule has 1 saturated heterocycles. The predicted molar refractivity (Wildman–Crippen MR) is 75.3 cm³/mol. The smallest absolute Gasteiger partial charge is 0.232 e. The Bertz CT molecular complexity index is 483. The SMILES string of the molecule is CC(C)(C(=O)N1CCC(=O)CC1)c1ccc(Cl)cc1. The first-order valence-corrected chi connectivity index (χ1v) is 6.86. The predicted octanol–water partition coefficient (Wildman–Crippen LogP) is 2.81. The zero-order chi connectivity index (χ0) is 14.0. The number of amides is 1. The van der Waals surface area contributed by atoms with Crippen molar-refractivity contribution >= 4 is 23.3 Å². The quantitative estimate of drug-likeness (QED) is 0.835. The number of piperidine rings is 1. The number of hydrogen-bond acceptors (Lipinski definition) is 2. The van der Waals surface area contributed by atoms with Gasteiger partial charge < -0.3 is 4.90 Å². The number of ketones is 1. The summed E-state index contributed by atoms with van der Waals surface area (Å²) in [6, 6.07) is 7.36. The molecule has 0 unspecified atom stereocenters. The van der Waals surface area contributed by atoms with Crippen LogP contribution in [-0.2, 0) is 15.0 Å². The number of carbonyl (C=O) groups excluding carboxylic acids is 2. The van der Waals surface area contributed by atoms with E-state index in [2.05, 4.69) is 0 Å². The number of halogens is 1. The molecule has 0 atom stereocenters. The van der Waals surface area contributed by atoms with Gasteiger partial charge in [-0.25, -0.2) is 0 Å². The molecule has 0 radical (unpaired) electrons. The molecule has 2 rings (SSSR count). The first-order chi connectivity index (χ1) is 8.91. The number of hydrogen-bond donors (Lipinski definition) is 0. The summed E-state index contributed by atoms with van der Waals surface area (Å²) in [5.41, 5.74) is 0.351. The maximum Gasteiger partial charge on any atom is 0.232 e. The van der Waals surface area contributed by atoms with Crippen LogP contribution in [0.2, 0.25) is 5.02 Å². The van der Waals surface area contributed by atoms with Gasteiger partial charge in [0.15, 0.2) is 0 Å². The Hall–Kier alpha value is -1.35. The van der Waals surface area contributed by atoms with Crippen LogP contribution in [0.25, 0.3) is 0 Å². The van der Waals surface area contributed by atoms with E-state index in [1.165, 1.54) is 0 Å². The molecule has 0 bridgehead atoms. The summed E-state index contributed by atoms with van der Waals surface area (Å²) in [4.78, 5) is 25.6. The summed E-state index contributed by atoms with van der Waals surface area (Å²) < 4.78 is 0. The lowest BCUT2D eigenvalue weighted by Gasteiger charge is -2.34. The summed E-state index contributed by atoms with van der Waals surface area (Å²) >= 11 is 5.87. The van der Waals surface area contributed by atoms with E-state index in [1.54, 1.807) is 17.0 Å². The Labute approximate surface area is 118 Å². The Morgan fingerprint density at radius 2 is 1.68 bits per heavy atom. The lowest BCUT2D eigenvalue weighted by atomic mass is 9.82. The summed E-state index contributed by atoms with van der Waals surface area (Å²) in [5, 5.41) is 0.663. The summed E-state index contributed by atoms with van der Waals surface area (Å²) in [6.07, 6.45) is 0.949. The maximum atomic E-state index is 12.6. The van der Waals surface area contributed by atoms with Crippen LogP contribution < -0.4 is 0 Å². The molecular formula is C15H18ClNO2. The van der Waals surface area contributed by atoms with E-state index < -0.39 is 5.41 Å². The fourth-order valence-electron chi connectivity index (χ4n) is 2.34. The highest BCUT2D eigenvalue weighted by Gasteiger charge is 2.35. The standard InChI is InChI=1S/C15H18ClNO2/c1-15(2,11-3-5-12(16)6-4-11)14(19)17-9-7-13(18)8-10-17/h3-6H,7-10H2,1-2H3. The van der Waals surface area contributed by atoms with Gasteiger partial charge in [-0.3, -0.25) is 9.59 Å². The van der Waals surface area contributed by atoms with Crippen LogP contribution in [0.3, 0.4) is 0 Å². The van der Waals surface area contributed by atoms with Gasteiger partial charge in [-0.1, -0.05) is 23.7 Å². The monoisotopic (exact) mass is 279 g/mol. The molecule has 1 fully saturated rings. The lowest BCUT2D eigenvalue weighted by molar-refractivity contribution is -0.139. The minimum absolute atomic E-state index is 0.0716. The van der Waals surface area contributed by atoms with Crippen molar-refractivity contribution in [3.8, 4) is 0 Å². The van der Waals surface area contributed by atoms with Crippen molar-refractivity contribution in [3.63, 3.8) is 0 Å². The van der Waals surface area contributed by atoms with Crippen molar-refractivity contribution in [2.24, 2.45) is 0 Å². The molecule has 19 heavy (non-hydrogen) atoms. The number of rotatable bonds is 2. The molecule has 0 aliphatic carbocycles. The molecule has 1 heterocycles. The van der Waals surface area contributed by atoms with E-state index in [4.69, 9.17) is 11.6 Å². The van der Waals surface area contributed by atoms with Crippen LogP contribution in [0, 0.1) is 0 Å². The second kappa shape index (κ2) is 5.33. The molecule has 0 aromatic heterocycles. The molecule has 1 aliphatic heterocycles. The molecule has 1 amide bonds. The van der Waals surface area contributed by atoms with E-state index in [1.807, 2.05) is 26.0 Å². The molecule has 1 aromatic carbocycles. The largest absolute Gasteiger partial charge is 0.341 e. The number of likely N-dealkylation sites (tertiary alicyclic amines) is 1. The molecule has 4 heteroatoms. The first-order valence-electron chi connectivity index (χ1n) is 6.48. The van der Waals surface area contributed by atoms with Crippen molar-refractivity contribution < 1.29 is 9.59 Å². The van der Waals surface area contributed by atoms with Crippen LogP contribution in [0.15, 0.2) is 24.3 Å². The second-order valence-electron chi connectivity index (χ2n) is 5.46. The van der Waals surface area contributed by atoms with Gasteiger partial charge >= 0.3 is 0 Å². The fraction of sp³-hybridized carbons (Fsp3) is 0.467. The molecular weight excluding hydrogens is 262 g/mol. The Morgan fingerprint density at radius 1 is 1.16 bits per heavy atom. The number of carbonyl (C=O) groups is 2. The van der Waals surface area contributed by atoms with Crippen molar-refractivity contribution in [1.82, 2.24) is 4.90 Å². The first kappa shape index (κ1) is 14.1. The molecule has 3 nitrogen and oxygen atoms in total. The average molecular weight is 280 g/mol. The topological polar surface area (TPSA) is 37.4 Å². The van der Waals surface area contributed by atoms with Crippen molar-refractivity contribution in [2.45, 2.75) is 32.1 Å². The molecule has 0 N–H and O–H groups in total. The van der Waals surface area contributed by atoms with E-state index >= 15 is 0 Å². The summed E-state index contributed by atoms with van der Waals surface area (Å²) in [6.45, 7) is 4.90. The zero-order valence-electron chi connectivity index (χ0n) is 11.3. The van der Waals surface area contributed by atoms with Gasteiger partial charge in [-0.2, -0.15) is 0 Å². The molecule has 1 aliphatic rings. The number of Topliss-reactive ketones (excluding diaryl/α,β-unsaturated/α-hetero) is 1. The normalized spacial score (nSPS) is 16.6. The van der Waals surface area contributed by atoms with Crippen LogP contribution in [0.1, 0.15) is 32.3 Å². The maximum absolute atomic E-state index is 12.6. The Balaban J connectivity index is 2.16. The highest BCUT2D eigenvalue weighted by molar-refractivity contribution is 6.30. The minimum atomic E-state index is -0.592. The number of benzene rings is 1. The molecule has 1 aromatic rings. The van der Waals surface area contributed by atoms with E-state index in [-0.39, 0.29) is 11.7 Å². The van der Waals surface area contributed by atoms with Crippen molar-refractivity contribution in [2.75, 3.05) is 13.1 Å². The number of nitrogens with zero attached hydrogens (tertiary/aromatic N) is 1. The minimum Gasteiger partial charge on any atom is -0.341 e. The van der Waals surface area contributed by atoms with Crippen molar-refractivity contribution in [3.05, 3.63) is 34.9 Å². The van der Waals surface area contributed by atoms with Gasteiger partial charge in [-0.05, 0) is 31.5 Å². The third kappa shape index (κ3) is 2.98. The molecule has 0 saturated carbocycles. The average Bonchev–Trinajstić information content (AvgIpc) is 2.39. The second-order valence-corrected chi connectivity index (χ2v) is 5.90. The summed E-state index contributed by atoms with van der Waals surface area (Å²) in [5.74, 6) is 0.315. The molecule has 102 valence electrons. The van der Waals surface area contributed by atoms with Crippen molar-refractivity contribution in [1.29, 1.82) is 0 Å². The molecule has 0 spiro atoms. The van der Waals surface area contributed by atoms with Crippen LogP contribution in [0.5, 0.6) is 0 Å². The van der Waals surface area contributed by atoms with Gasteiger partial charge in [0.25, 0.3) is 0 Å². The van der Waals surface area contributed by atoms with Crippen LogP contribution in [-0.4, -0.2) is 29.7 Å². The van der Waals surface area contributed by atoms with Crippen LogP contribution in [0.4, 0.5) is 0 Å². The van der Waals surface area contributed by atoms with Gasteiger partial charge in [-0.15, -0.1) is 0 Å². The highest BCUT2D eigenvalue weighted by Crippen LogP contribution is 2.27. The van der Waals surface area contributed by atoms with Gasteiger partial charge in [0, 0.05) is 31.0 Å². The van der Waals surface area contributed by atoms with E-state index in [0.29, 0.717) is 31.0 Å². The van der Waals surface area contributed by atoms with Gasteiger partial charge in [0.2, 0.25) is 5.91 Å². The lowest BCUT2D eigenvalue weighted by Crippen LogP contribution is -2.47. The third-order valence-corrected chi connectivity index (χ3v) is 3.96. The van der Waals surface area contributed by atoms with E-state index in [9.17, 15) is 9.59 Å². The summed E-state index contributed by atoms with van der Waals surface area (Å²) in [7, 11) is 0. The Morgan fingerprint density at radius 3 is 2.21 bits per heavy atom. The van der Waals surface area contributed by atoms with Crippen LogP contribution >= 0.6 is 11.6 Å². The zero-order valence-corrected chi connectivity index (χ0v) is 12.0. The Kier molecular flexibility index (Phi) is 3.95. The fourth-order valence-corrected chi connectivity index (χ4v) is 2.47. The third-order valence-electron chi connectivity index (χ3n) is 3.71.